The van der Waals surface area contributed by atoms with Crippen molar-refractivity contribution < 1.29 is 22.7 Å². The van der Waals surface area contributed by atoms with Crippen molar-refractivity contribution >= 4 is 11.6 Å². The first-order valence-corrected chi connectivity index (χ1v) is 7.18. The van der Waals surface area contributed by atoms with Gasteiger partial charge in [-0.15, -0.1) is 0 Å². The van der Waals surface area contributed by atoms with Crippen LogP contribution in [0, 0.1) is 5.92 Å². The van der Waals surface area contributed by atoms with E-state index in [4.69, 9.17) is 4.74 Å². The Hall–Kier alpha value is -1.76. The summed E-state index contributed by atoms with van der Waals surface area (Å²) in [6.07, 6.45) is -3.00. The van der Waals surface area contributed by atoms with Crippen LogP contribution < -0.4 is 15.4 Å². The van der Waals surface area contributed by atoms with Gasteiger partial charge in [0.15, 0.2) is 6.61 Å². The molecule has 0 spiro atoms. The van der Waals surface area contributed by atoms with Gasteiger partial charge in [-0.2, -0.15) is 13.2 Å². The minimum Gasteiger partial charge on any atom is -0.482 e. The van der Waals surface area contributed by atoms with E-state index in [0.717, 1.165) is 6.54 Å². The largest absolute Gasteiger partial charge is 0.482 e. The molecule has 0 bridgehead atoms. The van der Waals surface area contributed by atoms with Crippen molar-refractivity contribution in [3.8, 4) is 5.75 Å². The summed E-state index contributed by atoms with van der Waals surface area (Å²) in [5.74, 6) is -0.307. The molecule has 4 nitrogen and oxygen atoms in total. The molecule has 1 aromatic carbocycles. The molecule has 1 aliphatic rings. The normalized spacial score (nSPS) is 22.2. The molecule has 7 heteroatoms. The van der Waals surface area contributed by atoms with Crippen molar-refractivity contribution in [3.05, 3.63) is 24.3 Å². The van der Waals surface area contributed by atoms with E-state index in [9.17, 15) is 18.0 Å². The maximum absolute atomic E-state index is 12.3. The van der Waals surface area contributed by atoms with Gasteiger partial charge in [0, 0.05) is 12.0 Å². The summed E-state index contributed by atoms with van der Waals surface area (Å²) >= 11 is 0. The zero-order chi connectivity index (χ0) is 16.2. The molecule has 1 fully saturated rings. The number of piperidine rings is 1. The number of halogens is 3. The maximum Gasteiger partial charge on any atom is 0.422 e. The summed E-state index contributed by atoms with van der Waals surface area (Å²) in [7, 11) is 0. The van der Waals surface area contributed by atoms with Gasteiger partial charge >= 0.3 is 6.18 Å². The average molecular weight is 316 g/mol. The van der Waals surface area contributed by atoms with Gasteiger partial charge in [-0.05, 0) is 38.4 Å². The van der Waals surface area contributed by atoms with Gasteiger partial charge in [-0.1, -0.05) is 12.1 Å². The van der Waals surface area contributed by atoms with Crippen molar-refractivity contribution in [2.24, 2.45) is 5.92 Å². The Balaban J connectivity index is 2.01. The number of hydrogen-bond acceptors (Lipinski definition) is 3. The minimum absolute atomic E-state index is 0.0233. The molecule has 2 N–H and O–H groups in total. The summed E-state index contributed by atoms with van der Waals surface area (Å²) in [6, 6.07) is 6.40. The van der Waals surface area contributed by atoms with E-state index in [1.807, 2.05) is 6.92 Å². The SMILES string of the molecule is C[C@H]1C[C@@H](C(=O)Nc2ccccc2OCC(F)(F)F)CCN1. The smallest absolute Gasteiger partial charge is 0.422 e. The number of anilines is 1. The molecule has 0 radical (unpaired) electrons. The quantitative estimate of drug-likeness (QED) is 0.898. The highest BCUT2D eigenvalue weighted by Crippen LogP contribution is 2.27. The number of para-hydroxylation sites is 2. The fourth-order valence-electron chi connectivity index (χ4n) is 2.46. The molecule has 0 unspecified atom stereocenters. The second-order valence-electron chi connectivity index (χ2n) is 5.47. The van der Waals surface area contributed by atoms with Crippen molar-refractivity contribution in [3.63, 3.8) is 0 Å². The molecule has 1 heterocycles. The number of carbonyl (C=O) groups excluding carboxylic acids is 1. The van der Waals surface area contributed by atoms with Gasteiger partial charge in [0.2, 0.25) is 5.91 Å². The molecule has 1 aliphatic heterocycles. The topological polar surface area (TPSA) is 50.4 Å². The molecule has 1 saturated heterocycles. The number of carbonyl (C=O) groups is 1. The number of ether oxygens (including phenoxy) is 1. The van der Waals surface area contributed by atoms with Gasteiger partial charge in [0.05, 0.1) is 5.69 Å². The lowest BCUT2D eigenvalue weighted by molar-refractivity contribution is -0.153. The Morgan fingerprint density at radius 3 is 2.82 bits per heavy atom. The Kier molecular flexibility index (Phi) is 5.28. The standard InChI is InChI=1S/C15H19F3N2O2/c1-10-8-11(6-7-19-10)14(21)20-12-4-2-3-5-13(12)22-9-15(16,17)18/h2-5,10-11,19H,6-9H2,1H3,(H,20,21)/t10-,11-/m0/s1. The highest BCUT2D eigenvalue weighted by molar-refractivity contribution is 5.94. The Morgan fingerprint density at radius 2 is 2.14 bits per heavy atom. The summed E-state index contributed by atoms with van der Waals surface area (Å²) in [6.45, 7) is 1.37. The summed E-state index contributed by atoms with van der Waals surface area (Å²) in [5, 5.41) is 5.93. The van der Waals surface area contributed by atoms with Crippen molar-refractivity contribution in [1.82, 2.24) is 5.32 Å². The van der Waals surface area contributed by atoms with E-state index in [1.54, 1.807) is 12.1 Å². The summed E-state index contributed by atoms with van der Waals surface area (Å²) in [4.78, 5) is 12.2. The van der Waals surface area contributed by atoms with Gasteiger partial charge < -0.3 is 15.4 Å². The Morgan fingerprint density at radius 1 is 1.41 bits per heavy atom. The second-order valence-corrected chi connectivity index (χ2v) is 5.47. The van der Waals surface area contributed by atoms with E-state index < -0.39 is 12.8 Å². The van der Waals surface area contributed by atoms with Crippen LogP contribution in [0.1, 0.15) is 19.8 Å². The number of hydrogen-bond donors (Lipinski definition) is 2. The highest BCUT2D eigenvalue weighted by atomic mass is 19.4. The highest BCUT2D eigenvalue weighted by Gasteiger charge is 2.29. The molecule has 0 aliphatic carbocycles. The van der Waals surface area contributed by atoms with Crippen LogP contribution in [-0.2, 0) is 4.79 Å². The first kappa shape index (κ1) is 16.6. The predicted octanol–water partition coefficient (Wildman–Crippen LogP) is 2.95. The molecule has 122 valence electrons. The van der Waals surface area contributed by atoms with E-state index >= 15 is 0 Å². The maximum atomic E-state index is 12.3. The van der Waals surface area contributed by atoms with Crippen LogP contribution in [-0.4, -0.2) is 31.3 Å². The number of benzene rings is 1. The van der Waals surface area contributed by atoms with Crippen LogP contribution >= 0.6 is 0 Å². The van der Waals surface area contributed by atoms with Crippen LogP contribution in [0.4, 0.5) is 18.9 Å². The molecule has 2 rings (SSSR count). The van der Waals surface area contributed by atoms with Gasteiger partial charge in [-0.3, -0.25) is 4.79 Å². The fourth-order valence-corrected chi connectivity index (χ4v) is 2.46. The third-order valence-corrected chi connectivity index (χ3v) is 3.53. The van der Waals surface area contributed by atoms with Crippen LogP contribution in [0.3, 0.4) is 0 Å². The van der Waals surface area contributed by atoms with E-state index in [2.05, 4.69) is 10.6 Å². The second kappa shape index (κ2) is 7.00. The van der Waals surface area contributed by atoms with E-state index in [-0.39, 0.29) is 29.3 Å². The number of rotatable bonds is 4. The monoisotopic (exact) mass is 316 g/mol. The zero-order valence-electron chi connectivity index (χ0n) is 12.2. The van der Waals surface area contributed by atoms with Crippen molar-refractivity contribution in [2.75, 3.05) is 18.5 Å². The molecule has 22 heavy (non-hydrogen) atoms. The summed E-state index contributed by atoms with van der Waals surface area (Å²) < 4.78 is 41.5. The first-order valence-electron chi connectivity index (χ1n) is 7.18. The molecule has 0 aromatic heterocycles. The third-order valence-electron chi connectivity index (χ3n) is 3.53. The molecule has 1 aromatic rings. The predicted molar refractivity (Wildman–Crippen MR) is 76.8 cm³/mol. The fraction of sp³-hybridized carbons (Fsp3) is 0.533. The van der Waals surface area contributed by atoms with Gasteiger partial charge in [0.25, 0.3) is 0 Å². The Bertz CT molecular complexity index is 520. The molecular formula is C15H19F3N2O2. The van der Waals surface area contributed by atoms with Crippen LogP contribution in [0.2, 0.25) is 0 Å². The summed E-state index contributed by atoms with van der Waals surface area (Å²) in [5.41, 5.74) is 0.267. The zero-order valence-corrected chi connectivity index (χ0v) is 12.2. The number of amides is 1. The average Bonchev–Trinajstić information content (AvgIpc) is 2.45. The lowest BCUT2D eigenvalue weighted by Gasteiger charge is -2.27. The minimum atomic E-state index is -4.42. The lowest BCUT2D eigenvalue weighted by atomic mass is 9.92. The van der Waals surface area contributed by atoms with E-state index in [0.29, 0.717) is 12.8 Å². The van der Waals surface area contributed by atoms with Crippen molar-refractivity contribution in [2.45, 2.75) is 32.0 Å². The molecule has 2 atom stereocenters. The number of nitrogens with one attached hydrogen (secondary N) is 2. The van der Waals surface area contributed by atoms with Gasteiger partial charge in [-0.25, -0.2) is 0 Å². The van der Waals surface area contributed by atoms with Crippen LogP contribution in [0.15, 0.2) is 24.3 Å². The van der Waals surface area contributed by atoms with E-state index in [1.165, 1.54) is 12.1 Å². The van der Waals surface area contributed by atoms with Crippen LogP contribution in [0.25, 0.3) is 0 Å². The molecular weight excluding hydrogens is 297 g/mol. The molecule has 0 saturated carbocycles. The van der Waals surface area contributed by atoms with Crippen LogP contribution in [0.5, 0.6) is 5.75 Å². The molecule has 1 amide bonds. The van der Waals surface area contributed by atoms with Gasteiger partial charge in [0.1, 0.15) is 5.75 Å². The third kappa shape index (κ3) is 4.91. The lowest BCUT2D eigenvalue weighted by Crippen LogP contribution is -2.40. The first-order chi connectivity index (χ1) is 10.3. The van der Waals surface area contributed by atoms with Crippen molar-refractivity contribution in [1.29, 1.82) is 0 Å². The Labute approximate surface area is 127 Å². The number of alkyl halides is 3.